The van der Waals surface area contributed by atoms with Gasteiger partial charge in [0.2, 0.25) is 0 Å². The molecule has 0 aliphatic carbocycles. The molecule has 1 unspecified atom stereocenters. The van der Waals surface area contributed by atoms with Crippen molar-refractivity contribution in [3.05, 3.63) is 65.2 Å². The van der Waals surface area contributed by atoms with Gasteiger partial charge in [-0.2, -0.15) is 18.4 Å². The summed E-state index contributed by atoms with van der Waals surface area (Å²) in [6.07, 6.45) is -5.79. The summed E-state index contributed by atoms with van der Waals surface area (Å²) in [5.74, 6) is -2.11. The van der Waals surface area contributed by atoms with E-state index in [4.69, 9.17) is 5.26 Å². The number of carbonyl (C=O) groups is 2. The molecule has 6 nitrogen and oxygen atoms in total. The Labute approximate surface area is 152 Å². The zero-order chi connectivity index (χ0) is 20.0. The maximum atomic E-state index is 12.5. The fraction of sp³-hybridized carbons (Fsp3) is 0.167. The maximum Gasteiger partial charge on any atom is 0.416 e. The van der Waals surface area contributed by atoms with Crippen molar-refractivity contribution in [2.75, 3.05) is 11.9 Å². The Morgan fingerprint density at radius 3 is 2.30 bits per heavy atom. The first-order chi connectivity index (χ1) is 12.7. The molecule has 0 aliphatic rings. The van der Waals surface area contributed by atoms with Gasteiger partial charge in [-0.05, 0) is 29.8 Å². The Bertz CT molecular complexity index is 874. The van der Waals surface area contributed by atoms with E-state index in [-0.39, 0.29) is 23.4 Å². The Morgan fingerprint density at radius 1 is 1.07 bits per heavy atom. The number of carbonyl (C=O) groups excluding carboxylic acids is 2. The van der Waals surface area contributed by atoms with Gasteiger partial charge in [0.25, 0.3) is 0 Å². The van der Waals surface area contributed by atoms with Crippen molar-refractivity contribution in [2.45, 2.75) is 12.3 Å². The van der Waals surface area contributed by atoms with Gasteiger partial charge in [0.1, 0.15) is 6.07 Å². The zero-order valence-corrected chi connectivity index (χ0v) is 13.7. The summed E-state index contributed by atoms with van der Waals surface area (Å²) in [5.41, 5.74) is -0.386. The van der Waals surface area contributed by atoms with Crippen LogP contribution in [0.3, 0.4) is 0 Å². The normalized spacial score (nSPS) is 12.0. The monoisotopic (exact) mass is 377 g/mol. The number of aliphatic hydroxyl groups is 1. The van der Waals surface area contributed by atoms with Crippen LogP contribution in [0.1, 0.15) is 22.8 Å². The highest BCUT2D eigenvalue weighted by Crippen LogP contribution is 2.29. The maximum absolute atomic E-state index is 12.5. The molecule has 0 fully saturated rings. The highest BCUT2D eigenvalue weighted by Gasteiger charge is 2.30. The second kappa shape index (κ2) is 8.33. The summed E-state index contributed by atoms with van der Waals surface area (Å²) in [6, 6.07) is 11.7. The van der Waals surface area contributed by atoms with Crippen LogP contribution in [-0.4, -0.2) is 23.5 Å². The van der Waals surface area contributed by atoms with Gasteiger partial charge in [-0.15, -0.1) is 0 Å². The van der Waals surface area contributed by atoms with Crippen LogP contribution in [0.5, 0.6) is 0 Å². The third kappa shape index (κ3) is 5.29. The minimum Gasteiger partial charge on any atom is -0.387 e. The Morgan fingerprint density at radius 2 is 1.70 bits per heavy atom. The van der Waals surface area contributed by atoms with E-state index < -0.39 is 29.7 Å². The Kier molecular flexibility index (Phi) is 6.15. The van der Waals surface area contributed by atoms with E-state index in [0.29, 0.717) is 0 Å². The predicted octanol–water partition coefficient (Wildman–Crippen LogP) is 2.37. The molecule has 0 radical (unpaired) electrons. The van der Waals surface area contributed by atoms with Crippen molar-refractivity contribution in [3.63, 3.8) is 0 Å². The first-order valence-corrected chi connectivity index (χ1v) is 7.66. The molecule has 0 aliphatic heterocycles. The number of rotatable bonds is 4. The van der Waals surface area contributed by atoms with Crippen molar-refractivity contribution >= 4 is 17.5 Å². The third-order valence-corrected chi connectivity index (χ3v) is 3.58. The number of nitrogens with one attached hydrogen (secondary N) is 2. The summed E-state index contributed by atoms with van der Waals surface area (Å²) in [7, 11) is 0. The number of halogens is 3. The molecule has 0 heterocycles. The lowest BCUT2D eigenvalue weighted by Gasteiger charge is -2.14. The van der Waals surface area contributed by atoms with Crippen LogP contribution in [0, 0.1) is 11.3 Å². The number of aliphatic hydroxyl groups excluding tert-OH is 1. The summed E-state index contributed by atoms with van der Waals surface area (Å²) in [6.45, 7) is -0.377. The van der Waals surface area contributed by atoms with E-state index in [9.17, 15) is 27.9 Å². The van der Waals surface area contributed by atoms with E-state index in [1.807, 2.05) is 6.07 Å². The van der Waals surface area contributed by atoms with Crippen LogP contribution in [-0.2, 0) is 15.8 Å². The third-order valence-electron chi connectivity index (χ3n) is 3.58. The molecule has 0 aromatic heterocycles. The summed E-state index contributed by atoms with van der Waals surface area (Å²) < 4.78 is 37.5. The molecule has 0 bridgehead atoms. The van der Waals surface area contributed by atoms with Crippen molar-refractivity contribution < 1.29 is 27.9 Å². The highest BCUT2D eigenvalue weighted by molar-refractivity contribution is 6.39. The lowest BCUT2D eigenvalue weighted by atomic mass is 10.1. The number of amides is 2. The standard InChI is InChI=1S/C18H14F3N3O3/c19-18(20,21)13-7-5-11(6-8-13)15(25)10-23-16(26)17(27)24-14-4-2-1-3-12(14)9-22/h1-8,15,25H,10H2,(H,23,26)(H,24,27). The minimum atomic E-state index is -4.49. The Hall–Kier alpha value is -3.38. The molecule has 2 amide bonds. The summed E-state index contributed by atoms with van der Waals surface area (Å²) in [4.78, 5) is 23.6. The van der Waals surface area contributed by atoms with E-state index in [0.717, 1.165) is 24.3 Å². The van der Waals surface area contributed by atoms with Crippen LogP contribution < -0.4 is 10.6 Å². The van der Waals surface area contributed by atoms with Gasteiger partial charge < -0.3 is 15.7 Å². The van der Waals surface area contributed by atoms with Crippen molar-refractivity contribution in [2.24, 2.45) is 0 Å². The van der Waals surface area contributed by atoms with Crippen LogP contribution in [0.2, 0.25) is 0 Å². The second-order valence-corrected chi connectivity index (χ2v) is 5.46. The quantitative estimate of drug-likeness (QED) is 0.712. The zero-order valence-electron chi connectivity index (χ0n) is 13.7. The molecule has 3 N–H and O–H groups in total. The van der Waals surface area contributed by atoms with Gasteiger partial charge >= 0.3 is 18.0 Å². The molecular weight excluding hydrogens is 363 g/mol. The fourth-order valence-electron chi connectivity index (χ4n) is 2.15. The van der Waals surface area contributed by atoms with Gasteiger partial charge in [-0.3, -0.25) is 9.59 Å². The van der Waals surface area contributed by atoms with Crippen molar-refractivity contribution in [1.29, 1.82) is 5.26 Å². The largest absolute Gasteiger partial charge is 0.416 e. The smallest absolute Gasteiger partial charge is 0.387 e. The van der Waals surface area contributed by atoms with Crippen molar-refractivity contribution in [3.8, 4) is 6.07 Å². The average Bonchev–Trinajstić information content (AvgIpc) is 2.65. The molecule has 2 aromatic carbocycles. The molecule has 1 atom stereocenters. The van der Waals surface area contributed by atoms with Gasteiger partial charge in [-0.1, -0.05) is 24.3 Å². The topological polar surface area (TPSA) is 102 Å². The molecule has 140 valence electrons. The molecule has 9 heteroatoms. The van der Waals surface area contributed by atoms with Gasteiger partial charge in [0, 0.05) is 6.54 Å². The van der Waals surface area contributed by atoms with Crippen LogP contribution >= 0.6 is 0 Å². The van der Waals surface area contributed by atoms with E-state index in [1.54, 1.807) is 12.1 Å². The molecule has 0 saturated heterocycles. The van der Waals surface area contributed by atoms with Crippen molar-refractivity contribution in [1.82, 2.24) is 5.32 Å². The molecule has 0 spiro atoms. The van der Waals surface area contributed by atoms with E-state index in [2.05, 4.69) is 10.6 Å². The number of alkyl halides is 3. The molecule has 2 aromatic rings. The molecule has 2 rings (SSSR count). The molecule has 0 saturated carbocycles. The van der Waals surface area contributed by atoms with Crippen LogP contribution in [0.15, 0.2) is 48.5 Å². The lowest BCUT2D eigenvalue weighted by Crippen LogP contribution is -2.37. The van der Waals surface area contributed by atoms with Gasteiger partial charge in [-0.25, -0.2) is 0 Å². The number of anilines is 1. The highest BCUT2D eigenvalue weighted by atomic mass is 19.4. The fourth-order valence-corrected chi connectivity index (χ4v) is 2.15. The number of nitriles is 1. The van der Waals surface area contributed by atoms with Crippen LogP contribution in [0.4, 0.5) is 18.9 Å². The summed E-state index contributed by atoms with van der Waals surface area (Å²) >= 11 is 0. The van der Waals surface area contributed by atoms with E-state index >= 15 is 0 Å². The summed E-state index contributed by atoms with van der Waals surface area (Å²) in [5, 5.41) is 23.3. The predicted molar refractivity (Wildman–Crippen MR) is 89.2 cm³/mol. The first kappa shape index (κ1) is 19.9. The minimum absolute atomic E-state index is 0.151. The number of hydrogen-bond donors (Lipinski definition) is 3. The number of benzene rings is 2. The number of hydrogen-bond acceptors (Lipinski definition) is 4. The Balaban J connectivity index is 1.92. The van der Waals surface area contributed by atoms with Crippen LogP contribution in [0.25, 0.3) is 0 Å². The molecule has 27 heavy (non-hydrogen) atoms. The van der Waals surface area contributed by atoms with Gasteiger partial charge in [0.05, 0.1) is 22.9 Å². The lowest BCUT2D eigenvalue weighted by molar-refractivity contribution is -0.137. The molecular formula is C18H14F3N3O3. The SMILES string of the molecule is N#Cc1ccccc1NC(=O)C(=O)NCC(O)c1ccc(C(F)(F)F)cc1. The average molecular weight is 377 g/mol. The second-order valence-electron chi connectivity index (χ2n) is 5.46. The number of nitrogens with zero attached hydrogens (tertiary/aromatic N) is 1. The van der Waals surface area contributed by atoms with Gasteiger partial charge in [0.15, 0.2) is 0 Å². The van der Waals surface area contributed by atoms with E-state index in [1.165, 1.54) is 12.1 Å². The first-order valence-electron chi connectivity index (χ1n) is 7.66. The number of para-hydroxylation sites is 1.